The van der Waals surface area contributed by atoms with Crippen LogP contribution in [0, 0.1) is 0 Å². The third-order valence-electron chi connectivity index (χ3n) is 4.14. The number of hydrogen-bond donors (Lipinski definition) is 1. The number of benzene rings is 2. The molecule has 1 aliphatic rings. The minimum atomic E-state index is -0.949. The molecule has 1 amide bonds. The quantitative estimate of drug-likeness (QED) is 0.934. The van der Waals surface area contributed by atoms with Crippen LogP contribution in [0.5, 0.6) is 11.5 Å². The number of para-hydroxylation sites is 2. The zero-order valence-corrected chi connectivity index (χ0v) is 13.4. The molecular weight excluding hydrogens is 310 g/mol. The average Bonchev–Trinajstić information content (AvgIpc) is 3.00. The summed E-state index contributed by atoms with van der Waals surface area (Å²) in [6.45, 7) is 0.0911. The minimum Gasteiger partial charge on any atom is -0.493 e. The number of carboxylic acids is 1. The van der Waals surface area contributed by atoms with Gasteiger partial charge in [-0.3, -0.25) is 9.59 Å². The molecule has 0 saturated carbocycles. The summed E-state index contributed by atoms with van der Waals surface area (Å²) in [4.78, 5) is 26.0. The van der Waals surface area contributed by atoms with E-state index in [0.29, 0.717) is 28.3 Å². The van der Waals surface area contributed by atoms with E-state index in [9.17, 15) is 14.7 Å². The first kappa shape index (κ1) is 15.9. The number of carbonyl (C=O) groups is 2. The predicted molar refractivity (Wildman–Crippen MR) is 88.0 cm³/mol. The number of anilines is 1. The smallest absolute Gasteiger partial charge is 0.312 e. The van der Waals surface area contributed by atoms with Crippen molar-refractivity contribution in [2.75, 3.05) is 25.7 Å². The number of aliphatic carboxylic acids is 1. The van der Waals surface area contributed by atoms with Gasteiger partial charge in [0.15, 0.2) is 11.5 Å². The molecule has 6 nitrogen and oxygen atoms in total. The van der Waals surface area contributed by atoms with Gasteiger partial charge < -0.3 is 19.5 Å². The maximum absolute atomic E-state index is 13.0. The molecular formula is C18H17NO5. The van der Waals surface area contributed by atoms with Crippen molar-refractivity contribution in [2.24, 2.45) is 0 Å². The number of methoxy groups -OCH3 is 2. The molecule has 1 heterocycles. The molecule has 0 aliphatic carbocycles. The number of nitrogens with zero attached hydrogens (tertiary/aromatic N) is 1. The topological polar surface area (TPSA) is 76.1 Å². The Bertz CT molecular complexity index is 802. The van der Waals surface area contributed by atoms with Gasteiger partial charge in [-0.15, -0.1) is 0 Å². The summed E-state index contributed by atoms with van der Waals surface area (Å²) >= 11 is 0. The van der Waals surface area contributed by atoms with Crippen LogP contribution in [0.3, 0.4) is 0 Å². The van der Waals surface area contributed by atoms with Gasteiger partial charge in [0.05, 0.1) is 19.8 Å². The molecule has 1 aliphatic heterocycles. The van der Waals surface area contributed by atoms with E-state index in [0.717, 1.165) is 0 Å². The summed E-state index contributed by atoms with van der Waals surface area (Å²) in [7, 11) is 2.96. The Balaban J connectivity index is 2.05. The van der Waals surface area contributed by atoms with Crippen LogP contribution in [0.15, 0.2) is 42.5 Å². The van der Waals surface area contributed by atoms with E-state index in [1.807, 2.05) is 0 Å². The molecule has 2 aromatic rings. The lowest BCUT2D eigenvalue weighted by molar-refractivity contribution is -0.138. The van der Waals surface area contributed by atoms with Crippen molar-refractivity contribution in [2.45, 2.75) is 5.92 Å². The summed E-state index contributed by atoms with van der Waals surface area (Å²) in [6.07, 6.45) is 0. The summed E-state index contributed by atoms with van der Waals surface area (Å²) in [5.41, 5.74) is 1.58. The molecule has 6 heteroatoms. The highest BCUT2D eigenvalue weighted by molar-refractivity contribution is 6.10. The second kappa shape index (κ2) is 6.23. The van der Waals surface area contributed by atoms with Crippen LogP contribution in [0.4, 0.5) is 5.69 Å². The molecule has 1 unspecified atom stereocenters. The van der Waals surface area contributed by atoms with Crippen LogP contribution in [-0.2, 0) is 4.79 Å². The van der Waals surface area contributed by atoms with Crippen molar-refractivity contribution < 1.29 is 24.2 Å². The Labute approximate surface area is 139 Å². The second-order valence-electron chi connectivity index (χ2n) is 5.41. The summed E-state index contributed by atoms with van der Waals surface area (Å²) < 4.78 is 10.6. The largest absolute Gasteiger partial charge is 0.493 e. The predicted octanol–water partition coefficient (Wildman–Crippen LogP) is 2.53. The zero-order chi connectivity index (χ0) is 17.3. The average molecular weight is 327 g/mol. The molecule has 3 rings (SSSR count). The first-order valence-electron chi connectivity index (χ1n) is 7.43. The Hall–Kier alpha value is -3.02. The van der Waals surface area contributed by atoms with Crippen molar-refractivity contribution in [1.82, 2.24) is 0 Å². The van der Waals surface area contributed by atoms with Crippen molar-refractivity contribution in [3.05, 3.63) is 53.6 Å². The first-order chi connectivity index (χ1) is 11.6. The van der Waals surface area contributed by atoms with Crippen LogP contribution in [0.25, 0.3) is 0 Å². The van der Waals surface area contributed by atoms with E-state index in [2.05, 4.69) is 0 Å². The highest BCUT2D eigenvalue weighted by atomic mass is 16.5. The number of carbonyl (C=O) groups excluding carboxylic acids is 1. The van der Waals surface area contributed by atoms with E-state index < -0.39 is 11.9 Å². The van der Waals surface area contributed by atoms with E-state index in [-0.39, 0.29) is 12.5 Å². The van der Waals surface area contributed by atoms with Crippen molar-refractivity contribution in [3.8, 4) is 11.5 Å². The number of amides is 1. The van der Waals surface area contributed by atoms with Gasteiger partial charge in [-0.1, -0.05) is 24.3 Å². The Morgan fingerprint density at radius 2 is 1.83 bits per heavy atom. The highest BCUT2D eigenvalue weighted by Gasteiger charge is 2.37. The summed E-state index contributed by atoms with van der Waals surface area (Å²) in [5, 5.41) is 9.43. The Kier molecular flexibility index (Phi) is 4.12. The van der Waals surface area contributed by atoms with Gasteiger partial charge in [0.2, 0.25) is 0 Å². The lowest BCUT2D eigenvalue weighted by Gasteiger charge is -2.20. The van der Waals surface area contributed by atoms with Gasteiger partial charge in [-0.2, -0.15) is 0 Å². The van der Waals surface area contributed by atoms with Crippen molar-refractivity contribution in [1.29, 1.82) is 0 Å². The molecule has 1 atom stereocenters. The SMILES string of the molecule is COc1cccc(C(=O)N2CC(C(=O)O)c3ccccc32)c1OC. The van der Waals surface area contributed by atoms with Crippen LogP contribution in [-0.4, -0.2) is 37.7 Å². The molecule has 0 aromatic heterocycles. The van der Waals surface area contributed by atoms with Crippen LogP contribution >= 0.6 is 0 Å². The fourth-order valence-electron chi connectivity index (χ4n) is 3.01. The zero-order valence-electron chi connectivity index (χ0n) is 13.4. The van der Waals surface area contributed by atoms with Gasteiger partial charge >= 0.3 is 5.97 Å². The van der Waals surface area contributed by atoms with Gasteiger partial charge in [-0.25, -0.2) is 0 Å². The van der Waals surface area contributed by atoms with E-state index in [1.165, 1.54) is 19.1 Å². The number of hydrogen-bond acceptors (Lipinski definition) is 4. The third-order valence-corrected chi connectivity index (χ3v) is 4.14. The number of fused-ring (bicyclic) bond motifs is 1. The Morgan fingerprint density at radius 1 is 1.08 bits per heavy atom. The fourth-order valence-corrected chi connectivity index (χ4v) is 3.01. The molecule has 0 bridgehead atoms. The molecule has 24 heavy (non-hydrogen) atoms. The molecule has 1 N–H and O–H groups in total. The van der Waals surface area contributed by atoms with Gasteiger partial charge in [0, 0.05) is 12.2 Å². The number of ether oxygens (including phenoxy) is 2. The fraction of sp³-hybridized carbons (Fsp3) is 0.222. The van der Waals surface area contributed by atoms with Crippen molar-refractivity contribution in [3.63, 3.8) is 0 Å². The number of carboxylic acid groups (broad SMARTS) is 1. The lowest BCUT2D eigenvalue weighted by Crippen LogP contribution is -2.31. The molecule has 2 aromatic carbocycles. The minimum absolute atomic E-state index is 0.0911. The van der Waals surface area contributed by atoms with Crippen molar-refractivity contribution >= 4 is 17.6 Å². The maximum atomic E-state index is 13.0. The first-order valence-corrected chi connectivity index (χ1v) is 7.43. The van der Waals surface area contributed by atoms with E-state index in [1.54, 1.807) is 42.5 Å². The molecule has 0 saturated heterocycles. The summed E-state index contributed by atoms with van der Waals surface area (Å²) in [6, 6.07) is 12.1. The normalized spacial score (nSPS) is 15.8. The van der Waals surface area contributed by atoms with Crippen LogP contribution < -0.4 is 14.4 Å². The molecule has 0 fully saturated rings. The highest BCUT2D eigenvalue weighted by Crippen LogP contribution is 2.39. The maximum Gasteiger partial charge on any atom is 0.312 e. The third kappa shape index (κ3) is 2.46. The van der Waals surface area contributed by atoms with Gasteiger partial charge in [0.1, 0.15) is 5.92 Å². The lowest BCUT2D eigenvalue weighted by atomic mass is 10.0. The second-order valence-corrected chi connectivity index (χ2v) is 5.41. The van der Waals surface area contributed by atoms with Gasteiger partial charge in [0.25, 0.3) is 5.91 Å². The van der Waals surface area contributed by atoms with Crippen LogP contribution in [0.2, 0.25) is 0 Å². The number of rotatable bonds is 4. The van der Waals surface area contributed by atoms with E-state index in [4.69, 9.17) is 9.47 Å². The molecule has 0 spiro atoms. The monoisotopic (exact) mass is 327 g/mol. The van der Waals surface area contributed by atoms with Gasteiger partial charge in [-0.05, 0) is 23.8 Å². The Morgan fingerprint density at radius 3 is 2.50 bits per heavy atom. The molecule has 124 valence electrons. The summed E-state index contributed by atoms with van der Waals surface area (Å²) in [5.74, 6) is -1.22. The standard InChI is InChI=1S/C18H17NO5/c1-23-15-9-5-7-12(16(15)24-2)17(20)19-10-13(18(21)22)11-6-3-4-8-14(11)19/h3-9,13H,10H2,1-2H3,(H,21,22). The van der Waals surface area contributed by atoms with Crippen LogP contribution in [0.1, 0.15) is 21.8 Å². The van der Waals surface area contributed by atoms with E-state index >= 15 is 0 Å². The molecule has 0 radical (unpaired) electrons.